The topological polar surface area (TPSA) is 43.0 Å². The summed E-state index contributed by atoms with van der Waals surface area (Å²) in [6.07, 6.45) is 0. The SMILES string of the molecule is COc1cc(CNc2ccc(N3CCOCC3)cc2)cc(Br)c1OCc1cccc(C)c1. The first-order valence-electron chi connectivity index (χ1n) is 10.8. The first-order chi connectivity index (χ1) is 15.6. The molecular formula is C26H29BrN2O3. The summed E-state index contributed by atoms with van der Waals surface area (Å²) in [5, 5.41) is 3.49. The fourth-order valence-electron chi connectivity index (χ4n) is 3.79. The zero-order valence-corrected chi connectivity index (χ0v) is 20.2. The van der Waals surface area contributed by atoms with Gasteiger partial charge in [-0.3, -0.25) is 0 Å². The van der Waals surface area contributed by atoms with Crippen LogP contribution in [0.5, 0.6) is 11.5 Å². The molecule has 1 saturated heterocycles. The molecule has 0 unspecified atom stereocenters. The van der Waals surface area contributed by atoms with Gasteiger partial charge in [0.1, 0.15) is 6.61 Å². The molecule has 0 radical (unpaired) electrons. The van der Waals surface area contributed by atoms with Crippen LogP contribution in [0, 0.1) is 6.92 Å². The summed E-state index contributed by atoms with van der Waals surface area (Å²) in [6, 6.07) is 21.0. The number of morpholine rings is 1. The van der Waals surface area contributed by atoms with Crippen LogP contribution in [0.1, 0.15) is 16.7 Å². The summed E-state index contributed by atoms with van der Waals surface area (Å²) < 4.78 is 18.0. The van der Waals surface area contributed by atoms with Gasteiger partial charge in [0.05, 0.1) is 24.8 Å². The van der Waals surface area contributed by atoms with Crippen LogP contribution in [0.3, 0.4) is 0 Å². The van der Waals surface area contributed by atoms with E-state index in [9.17, 15) is 0 Å². The molecule has 3 aromatic rings. The highest BCUT2D eigenvalue weighted by atomic mass is 79.9. The highest BCUT2D eigenvalue weighted by molar-refractivity contribution is 9.10. The van der Waals surface area contributed by atoms with Gasteiger partial charge < -0.3 is 24.4 Å². The molecule has 1 aliphatic rings. The van der Waals surface area contributed by atoms with E-state index in [4.69, 9.17) is 14.2 Å². The first-order valence-corrected chi connectivity index (χ1v) is 11.6. The third-order valence-electron chi connectivity index (χ3n) is 5.50. The van der Waals surface area contributed by atoms with Crippen molar-refractivity contribution in [2.24, 2.45) is 0 Å². The van der Waals surface area contributed by atoms with Gasteiger partial charge in [-0.25, -0.2) is 0 Å². The minimum Gasteiger partial charge on any atom is -0.493 e. The average molecular weight is 497 g/mol. The standard InChI is InChI=1S/C26H29BrN2O3/c1-19-4-3-5-20(14-19)18-32-26-24(27)15-21(16-25(26)30-2)17-28-22-6-8-23(9-7-22)29-10-12-31-13-11-29/h3-9,14-16,28H,10-13,17-18H2,1-2H3. The lowest BCUT2D eigenvalue weighted by Crippen LogP contribution is -2.36. The summed E-state index contributed by atoms with van der Waals surface area (Å²) in [7, 11) is 1.67. The second-order valence-electron chi connectivity index (χ2n) is 7.89. The number of ether oxygens (including phenoxy) is 3. The Balaban J connectivity index is 1.39. The Bertz CT molecular complexity index is 1030. The Labute approximate surface area is 198 Å². The van der Waals surface area contributed by atoms with E-state index in [0.717, 1.165) is 47.6 Å². The molecule has 0 aromatic heterocycles. The minimum absolute atomic E-state index is 0.490. The fourth-order valence-corrected chi connectivity index (χ4v) is 4.39. The average Bonchev–Trinajstić information content (AvgIpc) is 2.82. The van der Waals surface area contributed by atoms with E-state index in [1.54, 1.807) is 7.11 Å². The molecule has 6 heteroatoms. The van der Waals surface area contributed by atoms with Crippen LogP contribution in [-0.4, -0.2) is 33.4 Å². The van der Waals surface area contributed by atoms with Crippen molar-refractivity contribution in [2.75, 3.05) is 43.6 Å². The van der Waals surface area contributed by atoms with Gasteiger partial charge in [-0.1, -0.05) is 29.8 Å². The lowest BCUT2D eigenvalue weighted by molar-refractivity contribution is 0.122. The number of nitrogens with zero attached hydrogens (tertiary/aromatic N) is 1. The van der Waals surface area contributed by atoms with Gasteiger partial charge in [0.25, 0.3) is 0 Å². The first kappa shape index (κ1) is 22.5. The maximum Gasteiger partial charge on any atom is 0.175 e. The summed E-state index contributed by atoms with van der Waals surface area (Å²) >= 11 is 3.66. The third-order valence-corrected chi connectivity index (χ3v) is 6.08. The van der Waals surface area contributed by atoms with Gasteiger partial charge in [-0.05, 0) is 70.4 Å². The zero-order chi connectivity index (χ0) is 22.3. The molecule has 0 atom stereocenters. The molecule has 3 aromatic carbocycles. The van der Waals surface area contributed by atoms with Crippen LogP contribution in [0.15, 0.2) is 65.1 Å². The molecule has 1 fully saturated rings. The molecule has 0 amide bonds. The Morgan fingerprint density at radius 2 is 1.78 bits per heavy atom. The molecule has 168 valence electrons. The second-order valence-corrected chi connectivity index (χ2v) is 8.74. The van der Waals surface area contributed by atoms with Gasteiger partial charge in [0.2, 0.25) is 0 Å². The quantitative estimate of drug-likeness (QED) is 0.427. The van der Waals surface area contributed by atoms with Crippen molar-refractivity contribution in [3.63, 3.8) is 0 Å². The van der Waals surface area contributed by atoms with E-state index in [2.05, 4.69) is 81.6 Å². The molecular weight excluding hydrogens is 468 g/mol. The lowest BCUT2D eigenvalue weighted by atomic mass is 10.1. The predicted octanol–water partition coefficient (Wildman–Crippen LogP) is 5.79. The van der Waals surface area contributed by atoms with Crippen LogP contribution in [-0.2, 0) is 17.9 Å². The minimum atomic E-state index is 0.490. The number of nitrogens with one attached hydrogen (secondary N) is 1. The van der Waals surface area contributed by atoms with E-state index < -0.39 is 0 Å². The molecule has 0 aliphatic carbocycles. The number of rotatable bonds is 8. The summed E-state index contributed by atoms with van der Waals surface area (Å²) in [4.78, 5) is 2.35. The number of halogens is 1. The van der Waals surface area contributed by atoms with Crippen molar-refractivity contribution >= 4 is 27.3 Å². The van der Waals surface area contributed by atoms with Crippen molar-refractivity contribution in [2.45, 2.75) is 20.1 Å². The Morgan fingerprint density at radius 1 is 1.00 bits per heavy atom. The molecule has 5 nitrogen and oxygen atoms in total. The number of benzene rings is 3. The third kappa shape index (κ3) is 5.75. The Kier molecular flexibility index (Phi) is 7.55. The number of methoxy groups -OCH3 is 1. The van der Waals surface area contributed by atoms with Gasteiger partial charge in [-0.15, -0.1) is 0 Å². The molecule has 0 spiro atoms. The van der Waals surface area contributed by atoms with E-state index in [1.807, 2.05) is 12.1 Å². The fraction of sp³-hybridized carbons (Fsp3) is 0.308. The zero-order valence-electron chi connectivity index (χ0n) is 18.6. The molecule has 1 N–H and O–H groups in total. The lowest BCUT2D eigenvalue weighted by Gasteiger charge is -2.29. The van der Waals surface area contributed by atoms with Crippen LogP contribution < -0.4 is 19.7 Å². The van der Waals surface area contributed by atoms with Crippen LogP contribution >= 0.6 is 15.9 Å². The predicted molar refractivity (Wildman–Crippen MR) is 133 cm³/mol. The molecule has 1 aliphatic heterocycles. The maximum absolute atomic E-state index is 6.08. The normalized spacial score (nSPS) is 13.7. The van der Waals surface area contributed by atoms with Crippen molar-refractivity contribution in [3.8, 4) is 11.5 Å². The van der Waals surface area contributed by atoms with Gasteiger partial charge >= 0.3 is 0 Å². The van der Waals surface area contributed by atoms with E-state index >= 15 is 0 Å². The van der Waals surface area contributed by atoms with Crippen molar-refractivity contribution in [1.29, 1.82) is 0 Å². The summed E-state index contributed by atoms with van der Waals surface area (Å²) in [5.74, 6) is 1.43. The highest BCUT2D eigenvalue weighted by Crippen LogP contribution is 2.37. The smallest absolute Gasteiger partial charge is 0.175 e. The summed E-state index contributed by atoms with van der Waals surface area (Å²) in [5.41, 5.74) is 5.77. The van der Waals surface area contributed by atoms with Crippen molar-refractivity contribution in [3.05, 3.63) is 81.8 Å². The number of hydrogen-bond acceptors (Lipinski definition) is 5. The molecule has 0 saturated carbocycles. The van der Waals surface area contributed by atoms with Gasteiger partial charge in [0.15, 0.2) is 11.5 Å². The second kappa shape index (κ2) is 10.7. The van der Waals surface area contributed by atoms with Crippen molar-refractivity contribution in [1.82, 2.24) is 0 Å². The molecule has 1 heterocycles. The number of hydrogen-bond donors (Lipinski definition) is 1. The van der Waals surface area contributed by atoms with E-state index in [1.165, 1.54) is 11.3 Å². The highest BCUT2D eigenvalue weighted by Gasteiger charge is 2.13. The van der Waals surface area contributed by atoms with Crippen LogP contribution in [0.4, 0.5) is 11.4 Å². The van der Waals surface area contributed by atoms with Crippen LogP contribution in [0.2, 0.25) is 0 Å². The van der Waals surface area contributed by atoms with Crippen molar-refractivity contribution < 1.29 is 14.2 Å². The molecule has 32 heavy (non-hydrogen) atoms. The molecule has 4 rings (SSSR count). The number of anilines is 2. The molecule has 0 bridgehead atoms. The van der Waals surface area contributed by atoms with Crippen LogP contribution in [0.25, 0.3) is 0 Å². The number of aryl methyl sites for hydroxylation is 1. The Morgan fingerprint density at radius 3 is 2.50 bits per heavy atom. The van der Waals surface area contributed by atoms with E-state index in [-0.39, 0.29) is 0 Å². The van der Waals surface area contributed by atoms with Gasteiger partial charge in [0, 0.05) is 31.0 Å². The van der Waals surface area contributed by atoms with Gasteiger partial charge in [-0.2, -0.15) is 0 Å². The van der Waals surface area contributed by atoms with E-state index in [0.29, 0.717) is 24.7 Å². The summed E-state index contributed by atoms with van der Waals surface area (Å²) in [6.45, 7) is 6.73. The monoisotopic (exact) mass is 496 g/mol. The largest absolute Gasteiger partial charge is 0.493 e. The maximum atomic E-state index is 6.08. The Hall–Kier alpha value is -2.70.